The van der Waals surface area contributed by atoms with Crippen molar-refractivity contribution in [3.8, 4) is 16.9 Å². The molecule has 0 spiro atoms. The number of ether oxygens (including phenoxy) is 1. The van der Waals surface area contributed by atoms with Crippen LogP contribution in [0, 0.1) is 0 Å². The Labute approximate surface area is 113 Å². The molecule has 0 aromatic heterocycles. The molecule has 0 heterocycles. The van der Waals surface area contributed by atoms with Crippen LogP contribution in [0.5, 0.6) is 5.75 Å². The highest BCUT2D eigenvalue weighted by Gasteiger charge is 2.09. The minimum atomic E-state index is -0.947. The second-order valence-electron chi connectivity index (χ2n) is 3.73. The summed E-state index contributed by atoms with van der Waals surface area (Å²) in [5, 5.41) is 9.07. The first-order valence-corrected chi connectivity index (χ1v) is 6.08. The van der Waals surface area contributed by atoms with Gasteiger partial charge in [0.1, 0.15) is 5.75 Å². The van der Waals surface area contributed by atoms with Crippen LogP contribution >= 0.6 is 15.9 Å². The maximum atomic E-state index is 11.1. The van der Waals surface area contributed by atoms with Crippen LogP contribution in [0.25, 0.3) is 11.1 Å². The molecule has 0 unspecified atom stereocenters. The van der Waals surface area contributed by atoms with E-state index < -0.39 is 5.97 Å². The number of carbonyl (C=O) groups is 1. The Morgan fingerprint density at radius 3 is 2.28 bits per heavy atom. The van der Waals surface area contributed by atoms with Crippen molar-refractivity contribution in [3.05, 3.63) is 52.5 Å². The number of halogens is 1. The van der Waals surface area contributed by atoms with Gasteiger partial charge in [0.25, 0.3) is 0 Å². The van der Waals surface area contributed by atoms with Gasteiger partial charge in [-0.15, -0.1) is 0 Å². The van der Waals surface area contributed by atoms with Gasteiger partial charge in [-0.2, -0.15) is 0 Å². The van der Waals surface area contributed by atoms with Gasteiger partial charge < -0.3 is 9.84 Å². The fourth-order valence-corrected chi connectivity index (χ4v) is 2.07. The Bertz CT molecular complexity index is 576. The molecular weight excluding hydrogens is 296 g/mol. The lowest BCUT2D eigenvalue weighted by molar-refractivity contribution is 0.0696. The number of carboxylic acids is 1. The Morgan fingerprint density at radius 2 is 1.72 bits per heavy atom. The molecule has 0 aliphatic heterocycles. The van der Waals surface area contributed by atoms with Crippen LogP contribution in [0.1, 0.15) is 10.4 Å². The summed E-state index contributed by atoms with van der Waals surface area (Å²) in [6.07, 6.45) is 0. The van der Waals surface area contributed by atoms with Crippen LogP contribution < -0.4 is 4.74 Å². The van der Waals surface area contributed by atoms with E-state index in [1.54, 1.807) is 19.2 Å². The van der Waals surface area contributed by atoms with Crippen LogP contribution in [0.3, 0.4) is 0 Å². The fourth-order valence-electron chi connectivity index (χ4n) is 1.65. The molecule has 4 heteroatoms. The summed E-state index contributed by atoms with van der Waals surface area (Å²) in [6, 6.07) is 12.7. The normalized spacial score (nSPS) is 10.1. The molecule has 0 saturated heterocycles. The van der Waals surface area contributed by atoms with Gasteiger partial charge in [-0.05, 0) is 51.3 Å². The minimum absolute atomic E-state index is 0.253. The van der Waals surface area contributed by atoms with Crippen molar-refractivity contribution in [1.82, 2.24) is 0 Å². The molecule has 1 N–H and O–H groups in total. The summed E-state index contributed by atoms with van der Waals surface area (Å²) in [6.45, 7) is 0. The lowest BCUT2D eigenvalue weighted by Gasteiger charge is -2.06. The van der Waals surface area contributed by atoms with E-state index in [0.29, 0.717) is 4.47 Å². The van der Waals surface area contributed by atoms with E-state index >= 15 is 0 Å². The summed E-state index contributed by atoms with van der Waals surface area (Å²) < 4.78 is 5.66. The topological polar surface area (TPSA) is 46.5 Å². The molecule has 2 rings (SSSR count). The van der Waals surface area contributed by atoms with Gasteiger partial charge in [-0.1, -0.05) is 18.2 Å². The van der Waals surface area contributed by atoms with Crippen molar-refractivity contribution in [2.75, 3.05) is 7.11 Å². The average Bonchev–Trinajstić information content (AvgIpc) is 2.39. The van der Waals surface area contributed by atoms with Crippen molar-refractivity contribution in [3.63, 3.8) is 0 Å². The van der Waals surface area contributed by atoms with Gasteiger partial charge in [0.15, 0.2) is 0 Å². The summed E-state index contributed by atoms with van der Waals surface area (Å²) >= 11 is 3.23. The van der Waals surface area contributed by atoms with Crippen LogP contribution in [0.15, 0.2) is 46.9 Å². The fraction of sp³-hybridized carbons (Fsp3) is 0.0714. The Hall–Kier alpha value is -1.81. The lowest BCUT2D eigenvalue weighted by atomic mass is 10.0. The smallest absolute Gasteiger partial charge is 0.336 e. The molecule has 92 valence electrons. The number of methoxy groups -OCH3 is 1. The van der Waals surface area contributed by atoms with Crippen molar-refractivity contribution in [2.45, 2.75) is 0 Å². The highest BCUT2D eigenvalue weighted by atomic mass is 79.9. The van der Waals surface area contributed by atoms with Gasteiger partial charge >= 0.3 is 5.97 Å². The zero-order valence-corrected chi connectivity index (χ0v) is 11.3. The molecule has 0 bridgehead atoms. The SMILES string of the molecule is COc1ccc(-c2ccc(Br)c(C(=O)O)c2)cc1. The van der Waals surface area contributed by atoms with E-state index in [4.69, 9.17) is 9.84 Å². The third-order valence-corrected chi connectivity index (χ3v) is 3.31. The third-order valence-electron chi connectivity index (χ3n) is 2.62. The van der Waals surface area contributed by atoms with Gasteiger partial charge in [0.2, 0.25) is 0 Å². The van der Waals surface area contributed by atoms with E-state index in [0.717, 1.165) is 16.9 Å². The maximum Gasteiger partial charge on any atom is 0.336 e. The van der Waals surface area contributed by atoms with Gasteiger partial charge in [-0.25, -0.2) is 4.79 Å². The molecule has 2 aromatic rings. The lowest BCUT2D eigenvalue weighted by Crippen LogP contribution is -1.97. The average molecular weight is 307 g/mol. The van der Waals surface area contributed by atoms with E-state index in [-0.39, 0.29) is 5.56 Å². The van der Waals surface area contributed by atoms with Gasteiger partial charge in [0, 0.05) is 4.47 Å². The quantitative estimate of drug-likeness (QED) is 0.937. The molecule has 18 heavy (non-hydrogen) atoms. The number of hydrogen-bond donors (Lipinski definition) is 1. The molecule has 0 fully saturated rings. The summed E-state index contributed by atoms with van der Waals surface area (Å²) in [4.78, 5) is 11.1. The predicted octanol–water partition coefficient (Wildman–Crippen LogP) is 3.82. The van der Waals surface area contributed by atoms with Crippen LogP contribution in [0.4, 0.5) is 0 Å². The molecule has 0 saturated carbocycles. The van der Waals surface area contributed by atoms with Crippen LogP contribution in [0.2, 0.25) is 0 Å². The van der Waals surface area contributed by atoms with E-state index in [1.807, 2.05) is 30.3 Å². The van der Waals surface area contributed by atoms with Crippen molar-refractivity contribution >= 4 is 21.9 Å². The predicted molar refractivity (Wildman–Crippen MR) is 73.1 cm³/mol. The first kappa shape index (κ1) is 12.6. The highest BCUT2D eigenvalue weighted by molar-refractivity contribution is 9.10. The second kappa shape index (κ2) is 5.23. The molecule has 0 aliphatic carbocycles. The van der Waals surface area contributed by atoms with Crippen LogP contribution in [-0.2, 0) is 0 Å². The number of aromatic carboxylic acids is 1. The minimum Gasteiger partial charge on any atom is -0.497 e. The van der Waals surface area contributed by atoms with E-state index in [9.17, 15) is 4.79 Å². The standard InChI is InChI=1S/C14H11BrO3/c1-18-11-5-2-9(3-6-11)10-4-7-13(15)12(8-10)14(16)17/h2-8H,1H3,(H,16,17). The Balaban J connectivity index is 2.44. The molecule has 3 nitrogen and oxygen atoms in total. The molecule has 0 radical (unpaired) electrons. The summed E-state index contributed by atoms with van der Waals surface area (Å²) in [5.74, 6) is -0.174. The van der Waals surface area contributed by atoms with Crippen molar-refractivity contribution in [2.24, 2.45) is 0 Å². The Morgan fingerprint density at radius 1 is 1.11 bits per heavy atom. The maximum absolute atomic E-state index is 11.1. The summed E-state index contributed by atoms with van der Waals surface area (Å²) in [7, 11) is 1.61. The second-order valence-corrected chi connectivity index (χ2v) is 4.58. The molecule has 2 aromatic carbocycles. The Kier molecular flexibility index (Phi) is 3.67. The van der Waals surface area contributed by atoms with E-state index in [1.165, 1.54) is 0 Å². The van der Waals surface area contributed by atoms with Crippen molar-refractivity contribution < 1.29 is 14.6 Å². The molecule has 0 atom stereocenters. The first-order chi connectivity index (χ1) is 8.61. The zero-order chi connectivity index (χ0) is 13.1. The first-order valence-electron chi connectivity index (χ1n) is 5.29. The van der Waals surface area contributed by atoms with Crippen molar-refractivity contribution in [1.29, 1.82) is 0 Å². The zero-order valence-electron chi connectivity index (χ0n) is 9.68. The van der Waals surface area contributed by atoms with E-state index in [2.05, 4.69) is 15.9 Å². The van der Waals surface area contributed by atoms with Gasteiger partial charge in [0.05, 0.1) is 12.7 Å². The monoisotopic (exact) mass is 306 g/mol. The number of hydrogen-bond acceptors (Lipinski definition) is 2. The third kappa shape index (κ3) is 2.54. The number of benzene rings is 2. The number of rotatable bonds is 3. The van der Waals surface area contributed by atoms with Crippen LogP contribution in [-0.4, -0.2) is 18.2 Å². The molecule has 0 aliphatic rings. The number of carboxylic acid groups (broad SMARTS) is 1. The molecule has 0 amide bonds. The summed E-state index contributed by atoms with van der Waals surface area (Å²) in [5.41, 5.74) is 2.06. The highest BCUT2D eigenvalue weighted by Crippen LogP contribution is 2.27. The molecular formula is C14H11BrO3. The largest absolute Gasteiger partial charge is 0.497 e. The van der Waals surface area contributed by atoms with Gasteiger partial charge in [-0.3, -0.25) is 0 Å².